The Morgan fingerprint density at radius 1 is 1.10 bits per heavy atom. The fourth-order valence-corrected chi connectivity index (χ4v) is 6.32. The molecule has 2 N–H and O–H groups in total. The quantitative estimate of drug-likeness (QED) is 0.135. The molecule has 0 saturated heterocycles. The van der Waals surface area contributed by atoms with Gasteiger partial charge < -0.3 is 9.64 Å². The summed E-state index contributed by atoms with van der Waals surface area (Å²) in [7, 11) is -3.92. The van der Waals surface area contributed by atoms with Crippen LogP contribution in [-0.4, -0.2) is 44.1 Å². The number of halogens is 2. The van der Waals surface area contributed by atoms with Gasteiger partial charge in [-0.05, 0) is 35.4 Å². The molecular weight excluding hydrogens is 587 g/mol. The monoisotopic (exact) mass is 614 g/mol. The summed E-state index contributed by atoms with van der Waals surface area (Å²) >= 11 is 7.54. The van der Waals surface area contributed by atoms with Crippen LogP contribution >= 0.6 is 23.4 Å². The molecule has 0 aromatic heterocycles. The Labute approximate surface area is 247 Å². The van der Waals surface area contributed by atoms with Crippen molar-refractivity contribution < 1.29 is 27.1 Å². The van der Waals surface area contributed by atoms with Gasteiger partial charge in [0.2, 0.25) is 15.9 Å². The summed E-state index contributed by atoms with van der Waals surface area (Å²) in [4.78, 5) is 28.7. The van der Waals surface area contributed by atoms with Crippen molar-refractivity contribution in [2.75, 3.05) is 18.9 Å². The first-order valence-electron chi connectivity index (χ1n) is 12.6. The molecule has 11 heteroatoms. The molecule has 0 spiro atoms. The van der Waals surface area contributed by atoms with Gasteiger partial charge in [-0.15, -0.1) is 0 Å². The minimum atomic E-state index is -3.92. The van der Waals surface area contributed by atoms with Crippen LogP contribution in [0.4, 0.5) is 4.39 Å². The first kappa shape index (κ1) is 30.5. The summed E-state index contributed by atoms with van der Waals surface area (Å²) in [6.45, 7) is 3.72. The van der Waals surface area contributed by atoms with E-state index in [-0.39, 0.29) is 23.8 Å². The van der Waals surface area contributed by atoms with E-state index in [0.29, 0.717) is 27.6 Å². The Hall–Kier alpha value is -3.44. The molecule has 214 valence electrons. The van der Waals surface area contributed by atoms with Gasteiger partial charge in [0.1, 0.15) is 18.3 Å². The van der Waals surface area contributed by atoms with Crippen molar-refractivity contribution in [2.45, 2.75) is 16.6 Å². The first-order chi connectivity index (χ1) is 19.6. The standard InChI is InChI=1S/C30H28ClFN2O5S2/c1-2-16-39-30(36)28-23(20-7-4-3-5-8-20)18-27(21-11-13-22(14-12-21)41(33,37)38)34(29(28)35)15-17-40-19-24-25(31)9-6-10-26(24)32/h2-14,18,23,28H,1,15-17,19H2,(H2,33,37,38). The van der Waals surface area contributed by atoms with Gasteiger partial charge >= 0.3 is 5.97 Å². The number of nitrogens with two attached hydrogens (primary N) is 1. The Morgan fingerprint density at radius 2 is 1.80 bits per heavy atom. The second kappa shape index (κ2) is 13.5. The third-order valence-corrected chi connectivity index (χ3v) is 8.79. The molecule has 2 unspecified atom stereocenters. The molecule has 7 nitrogen and oxygen atoms in total. The number of ether oxygens (including phenoxy) is 1. The van der Waals surface area contributed by atoms with Gasteiger partial charge in [-0.1, -0.05) is 78.9 Å². The van der Waals surface area contributed by atoms with Gasteiger partial charge in [0.25, 0.3) is 0 Å². The minimum Gasteiger partial charge on any atom is -0.461 e. The van der Waals surface area contributed by atoms with Crippen molar-refractivity contribution in [1.29, 1.82) is 0 Å². The van der Waals surface area contributed by atoms with Gasteiger partial charge in [-0.3, -0.25) is 9.59 Å². The molecular formula is C30H28ClFN2O5S2. The van der Waals surface area contributed by atoms with Crippen molar-refractivity contribution in [3.63, 3.8) is 0 Å². The SMILES string of the molecule is C=CCOC(=O)C1C(=O)N(CCSCc2c(F)cccc2Cl)C(c2ccc(S(N)(=O)=O)cc2)=CC1c1ccccc1. The number of nitrogens with zero attached hydrogens (tertiary/aromatic N) is 1. The highest BCUT2D eigenvalue weighted by atomic mass is 35.5. The minimum absolute atomic E-state index is 0.0467. The molecule has 1 heterocycles. The highest BCUT2D eigenvalue weighted by Gasteiger charge is 2.43. The molecule has 4 rings (SSSR count). The average Bonchev–Trinajstić information content (AvgIpc) is 2.95. The molecule has 3 aromatic rings. The Balaban J connectivity index is 1.71. The van der Waals surface area contributed by atoms with E-state index in [4.69, 9.17) is 21.5 Å². The highest BCUT2D eigenvalue weighted by Crippen LogP contribution is 2.39. The number of amides is 1. The van der Waals surface area contributed by atoms with Crippen LogP contribution in [0.3, 0.4) is 0 Å². The van der Waals surface area contributed by atoms with Crippen molar-refractivity contribution in [3.05, 3.63) is 119 Å². The predicted octanol–water partition coefficient (Wildman–Crippen LogP) is 5.37. The number of allylic oxidation sites excluding steroid dienone is 1. The average molecular weight is 615 g/mol. The summed E-state index contributed by atoms with van der Waals surface area (Å²) in [5.41, 5.74) is 2.17. The van der Waals surface area contributed by atoms with E-state index in [0.717, 1.165) is 5.56 Å². The molecule has 0 bridgehead atoms. The Kier molecular flexibility index (Phi) is 10.0. The second-order valence-electron chi connectivity index (χ2n) is 9.20. The maximum absolute atomic E-state index is 14.3. The molecule has 41 heavy (non-hydrogen) atoms. The number of esters is 1. The molecule has 1 aliphatic rings. The van der Waals surface area contributed by atoms with Crippen LogP contribution in [0.5, 0.6) is 0 Å². The van der Waals surface area contributed by atoms with Crippen LogP contribution in [0.1, 0.15) is 22.6 Å². The summed E-state index contributed by atoms with van der Waals surface area (Å²) < 4.78 is 43.2. The molecule has 0 radical (unpaired) electrons. The van der Waals surface area contributed by atoms with Crippen molar-refractivity contribution in [1.82, 2.24) is 4.90 Å². The number of hydrogen-bond acceptors (Lipinski definition) is 6. The van der Waals surface area contributed by atoms with Crippen LogP contribution in [-0.2, 0) is 30.1 Å². The number of rotatable bonds is 11. The summed E-state index contributed by atoms with van der Waals surface area (Å²) in [5.74, 6) is -2.68. The molecule has 1 aliphatic heterocycles. The van der Waals surface area contributed by atoms with Gasteiger partial charge in [-0.25, -0.2) is 17.9 Å². The number of carbonyl (C=O) groups excluding carboxylic acids is 2. The second-order valence-corrected chi connectivity index (χ2v) is 12.3. The molecule has 2 atom stereocenters. The molecule has 0 aliphatic carbocycles. The number of thioether (sulfide) groups is 1. The topological polar surface area (TPSA) is 107 Å². The lowest BCUT2D eigenvalue weighted by molar-refractivity contribution is -0.154. The zero-order valence-corrected chi connectivity index (χ0v) is 24.3. The maximum atomic E-state index is 14.3. The predicted molar refractivity (Wildman–Crippen MR) is 159 cm³/mol. The van der Waals surface area contributed by atoms with Crippen LogP contribution in [0, 0.1) is 11.7 Å². The van der Waals surface area contributed by atoms with Crippen LogP contribution in [0.15, 0.2) is 96.4 Å². The molecule has 0 saturated carbocycles. The fraction of sp³-hybridized carbons (Fsp3) is 0.200. The van der Waals surface area contributed by atoms with Crippen LogP contribution in [0.2, 0.25) is 5.02 Å². The Morgan fingerprint density at radius 3 is 2.44 bits per heavy atom. The summed E-state index contributed by atoms with van der Waals surface area (Å²) in [5, 5.41) is 5.59. The summed E-state index contributed by atoms with van der Waals surface area (Å²) in [6, 6.07) is 19.5. The zero-order chi connectivity index (χ0) is 29.6. The first-order valence-corrected chi connectivity index (χ1v) is 15.7. The van der Waals surface area contributed by atoms with E-state index in [1.54, 1.807) is 18.2 Å². The lowest BCUT2D eigenvalue weighted by atomic mass is 9.80. The van der Waals surface area contributed by atoms with Gasteiger partial charge in [-0.2, -0.15) is 11.8 Å². The van der Waals surface area contributed by atoms with E-state index in [1.165, 1.54) is 47.0 Å². The van der Waals surface area contributed by atoms with Gasteiger partial charge in [0.05, 0.1) is 4.90 Å². The van der Waals surface area contributed by atoms with E-state index in [2.05, 4.69) is 6.58 Å². The normalized spacial score (nSPS) is 17.2. The Bertz CT molecular complexity index is 1540. The number of primary sulfonamides is 1. The third kappa shape index (κ3) is 7.26. The van der Waals surface area contributed by atoms with E-state index in [1.807, 2.05) is 36.4 Å². The summed E-state index contributed by atoms with van der Waals surface area (Å²) in [6.07, 6.45) is 3.25. The highest BCUT2D eigenvalue weighted by molar-refractivity contribution is 7.98. The van der Waals surface area contributed by atoms with Gasteiger partial charge in [0.15, 0.2) is 0 Å². The zero-order valence-electron chi connectivity index (χ0n) is 21.9. The van der Waals surface area contributed by atoms with Crippen LogP contribution in [0.25, 0.3) is 5.70 Å². The smallest absolute Gasteiger partial charge is 0.319 e. The number of benzene rings is 3. The molecule has 3 aromatic carbocycles. The lowest BCUT2D eigenvalue weighted by Crippen LogP contribution is -2.46. The third-order valence-electron chi connectivity index (χ3n) is 6.55. The van der Waals surface area contributed by atoms with Gasteiger partial charge in [0, 0.05) is 40.3 Å². The van der Waals surface area contributed by atoms with E-state index >= 15 is 0 Å². The molecule has 1 amide bonds. The van der Waals surface area contributed by atoms with E-state index < -0.39 is 39.6 Å². The number of sulfonamides is 1. The maximum Gasteiger partial charge on any atom is 0.319 e. The fourth-order valence-electron chi connectivity index (χ4n) is 4.54. The van der Waals surface area contributed by atoms with Crippen molar-refractivity contribution in [3.8, 4) is 0 Å². The van der Waals surface area contributed by atoms with E-state index in [9.17, 15) is 22.4 Å². The lowest BCUT2D eigenvalue weighted by Gasteiger charge is -2.37. The number of carbonyl (C=O) groups is 2. The van der Waals surface area contributed by atoms with Crippen molar-refractivity contribution in [2.24, 2.45) is 11.1 Å². The number of hydrogen-bond donors (Lipinski definition) is 1. The van der Waals surface area contributed by atoms with Crippen molar-refractivity contribution >= 4 is 51.0 Å². The molecule has 0 fully saturated rings. The largest absolute Gasteiger partial charge is 0.461 e. The van der Waals surface area contributed by atoms with Crippen LogP contribution < -0.4 is 5.14 Å².